The van der Waals surface area contributed by atoms with Gasteiger partial charge in [-0.3, -0.25) is 0 Å². The lowest BCUT2D eigenvalue weighted by atomic mass is 10.2. The van der Waals surface area contributed by atoms with Gasteiger partial charge in [0.2, 0.25) is 0 Å². The van der Waals surface area contributed by atoms with Gasteiger partial charge in [-0.05, 0) is 43.9 Å². The number of hydrogen-bond donors (Lipinski definition) is 0. The van der Waals surface area contributed by atoms with Gasteiger partial charge >= 0.3 is 0 Å². The maximum absolute atomic E-state index is 5.78. The Balaban J connectivity index is 1.79. The predicted molar refractivity (Wildman–Crippen MR) is 68.1 cm³/mol. The lowest BCUT2D eigenvalue weighted by Gasteiger charge is -2.04. The van der Waals surface area contributed by atoms with Crippen LogP contribution in [0.5, 0.6) is 0 Å². The molecule has 0 aromatic carbocycles. The van der Waals surface area contributed by atoms with Gasteiger partial charge < -0.3 is 0 Å². The molecule has 0 radical (unpaired) electrons. The number of nitrogens with zero attached hydrogens (tertiary/aromatic N) is 4. The van der Waals surface area contributed by atoms with E-state index in [1.807, 2.05) is 10.7 Å². The second kappa shape index (κ2) is 3.79. The highest BCUT2D eigenvalue weighted by atomic mass is 35.5. The zero-order chi connectivity index (χ0) is 12.1. The van der Waals surface area contributed by atoms with Crippen molar-refractivity contribution in [2.45, 2.75) is 37.5 Å². The molecule has 0 unspecified atom stereocenters. The number of halogens is 1. The molecular formula is C13H13ClN4. The molecular weight excluding hydrogens is 248 g/mol. The fraction of sp³-hybridized carbons (Fsp3) is 0.462. The van der Waals surface area contributed by atoms with Crippen LogP contribution in [0.1, 0.15) is 48.9 Å². The van der Waals surface area contributed by atoms with Crippen molar-refractivity contribution in [2.75, 3.05) is 0 Å². The quantitative estimate of drug-likeness (QED) is 0.852. The van der Waals surface area contributed by atoms with Crippen LogP contribution in [-0.2, 0) is 0 Å². The molecule has 0 aliphatic heterocycles. The van der Waals surface area contributed by atoms with Gasteiger partial charge in [0, 0.05) is 17.5 Å². The van der Waals surface area contributed by atoms with Gasteiger partial charge in [0.15, 0.2) is 11.0 Å². The van der Waals surface area contributed by atoms with E-state index in [0.717, 1.165) is 5.82 Å². The van der Waals surface area contributed by atoms with Crippen molar-refractivity contribution in [1.29, 1.82) is 0 Å². The van der Waals surface area contributed by atoms with Gasteiger partial charge in [0.1, 0.15) is 0 Å². The van der Waals surface area contributed by atoms with Crippen LogP contribution in [0, 0.1) is 0 Å². The van der Waals surface area contributed by atoms with Crippen LogP contribution >= 0.6 is 11.6 Å². The summed E-state index contributed by atoms with van der Waals surface area (Å²) in [6, 6.07) is 5.90. The number of hydrogen-bond acceptors (Lipinski definition) is 3. The van der Waals surface area contributed by atoms with Crippen molar-refractivity contribution in [3.63, 3.8) is 0 Å². The summed E-state index contributed by atoms with van der Waals surface area (Å²) in [5.41, 5.74) is 2.50. The topological polar surface area (TPSA) is 43.6 Å². The smallest absolute Gasteiger partial charge is 0.176 e. The molecule has 2 aliphatic rings. The van der Waals surface area contributed by atoms with Crippen molar-refractivity contribution in [3.05, 3.63) is 34.7 Å². The zero-order valence-corrected chi connectivity index (χ0v) is 10.6. The molecule has 0 atom stereocenters. The maximum atomic E-state index is 5.78. The standard InChI is InChI=1S/C13H13ClN4/c14-12-5-6-13(16-15-12)18-11(9-3-4-9)7-10(17-18)8-1-2-8/h5-9H,1-4H2. The molecule has 0 spiro atoms. The molecule has 0 bridgehead atoms. The van der Waals surface area contributed by atoms with E-state index < -0.39 is 0 Å². The minimum Gasteiger partial charge on any atom is -0.217 e. The summed E-state index contributed by atoms with van der Waals surface area (Å²) in [5.74, 6) is 2.10. The highest BCUT2D eigenvalue weighted by Crippen LogP contribution is 2.45. The van der Waals surface area contributed by atoms with E-state index in [1.54, 1.807) is 6.07 Å². The van der Waals surface area contributed by atoms with Crippen LogP contribution in [0.4, 0.5) is 0 Å². The van der Waals surface area contributed by atoms with Crippen molar-refractivity contribution in [3.8, 4) is 5.82 Å². The molecule has 0 amide bonds. The first-order valence-electron chi connectivity index (χ1n) is 6.41. The highest BCUT2D eigenvalue weighted by molar-refractivity contribution is 6.29. The van der Waals surface area contributed by atoms with Gasteiger partial charge in [0.05, 0.1) is 5.69 Å². The van der Waals surface area contributed by atoms with Crippen molar-refractivity contribution in [2.24, 2.45) is 0 Å². The Hall–Kier alpha value is -1.42. The third-order valence-electron chi connectivity index (χ3n) is 3.58. The Morgan fingerprint density at radius 3 is 2.44 bits per heavy atom. The maximum Gasteiger partial charge on any atom is 0.176 e. The van der Waals surface area contributed by atoms with Gasteiger partial charge in [-0.15, -0.1) is 10.2 Å². The largest absolute Gasteiger partial charge is 0.217 e. The Labute approximate surface area is 110 Å². The van der Waals surface area contributed by atoms with E-state index in [2.05, 4.69) is 16.3 Å². The lowest BCUT2D eigenvalue weighted by molar-refractivity contribution is 0.749. The van der Waals surface area contributed by atoms with Crippen LogP contribution in [-0.4, -0.2) is 20.0 Å². The first kappa shape index (κ1) is 10.5. The Bertz CT molecular complexity index is 582. The summed E-state index contributed by atoms with van der Waals surface area (Å²) in [7, 11) is 0. The molecule has 2 fully saturated rings. The van der Waals surface area contributed by atoms with E-state index in [0.29, 0.717) is 17.0 Å². The second-order valence-corrected chi connectivity index (χ2v) is 5.56. The zero-order valence-electron chi connectivity index (χ0n) is 9.88. The summed E-state index contributed by atoms with van der Waals surface area (Å²) in [6.45, 7) is 0. The molecule has 4 nitrogen and oxygen atoms in total. The van der Waals surface area contributed by atoms with Crippen LogP contribution in [0.2, 0.25) is 5.15 Å². The average molecular weight is 261 g/mol. The molecule has 2 saturated carbocycles. The van der Waals surface area contributed by atoms with Crippen LogP contribution in [0.25, 0.3) is 5.82 Å². The molecule has 0 N–H and O–H groups in total. The normalized spacial score (nSPS) is 19.2. The molecule has 2 heterocycles. The molecule has 0 saturated heterocycles. The summed E-state index contributed by atoms with van der Waals surface area (Å²) in [5, 5.41) is 13.2. The molecule has 4 rings (SSSR count). The van der Waals surface area contributed by atoms with Crippen molar-refractivity contribution >= 4 is 11.6 Å². The predicted octanol–water partition coefficient (Wildman–Crippen LogP) is 3.07. The third kappa shape index (κ3) is 1.81. The van der Waals surface area contributed by atoms with Crippen molar-refractivity contribution < 1.29 is 0 Å². The van der Waals surface area contributed by atoms with E-state index in [4.69, 9.17) is 16.7 Å². The minimum absolute atomic E-state index is 0.418. The van der Waals surface area contributed by atoms with E-state index in [1.165, 1.54) is 37.1 Å². The minimum atomic E-state index is 0.418. The molecule has 18 heavy (non-hydrogen) atoms. The Morgan fingerprint density at radius 1 is 1.06 bits per heavy atom. The molecule has 5 heteroatoms. The first-order valence-corrected chi connectivity index (χ1v) is 6.78. The van der Waals surface area contributed by atoms with Crippen LogP contribution in [0.3, 0.4) is 0 Å². The summed E-state index contributed by atoms with van der Waals surface area (Å²) >= 11 is 5.78. The van der Waals surface area contributed by atoms with Gasteiger partial charge in [-0.2, -0.15) is 5.10 Å². The van der Waals surface area contributed by atoms with E-state index in [-0.39, 0.29) is 0 Å². The monoisotopic (exact) mass is 260 g/mol. The highest BCUT2D eigenvalue weighted by Gasteiger charge is 2.33. The molecule has 92 valence electrons. The molecule has 2 aromatic rings. The number of aromatic nitrogens is 4. The Morgan fingerprint density at radius 2 is 1.83 bits per heavy atom. The fourth-order valence-corrected chi connectivity index (χ4v) is 2.37. The Kier molecular flexibility index (Phi) is 2.21. The lowest BCUT2D eigenvalue weighted by Crippen LogP contribution is -2.04. The number of rotatable bonds is 3. The summed E-state index contributed by atoms with van der Waals surface area (Å²) in [6.07, 6.45) is 5.06. The summed E-state index contributed by atoms with van der Waals surface area (Å²) in [4.78, 5) is 0. The van der Waals surface area contributed by atoms with Gasteiger partial charge in [-0.1, -0.05) is 11.6 Å². The second-order valence-electron chi connectivity index (χ2n) is 5.17. The first-order chi connectivity index (χ1) is 8.81. The van der Waals surface area contributed by atoms with Gasteiger partial charge in [0.25, 0.3) is 0 Å². The van der Waals surface area contributed by atoms with E-state index >= 15 is 0 Å². The van der Waals surface area contributed by atoms with Crippen LogP contribution < -0.4 is 0 Å². The third-order valence-corrected chi connectivity index (χ3v) is 3.78. The van der Waals surface area contributed by atoms with Crippen molar-refractivity contribution in [1.82, 2.24) is 20.0 Å². The molecule has 2 aliphatic carbocycles. The molecule has 2 aromatic heterocycles. The van der Waals surface area contributed by atoms with Crippen LogP contribution in [0.15, 0.2) is 18.2 Å². The fourth-order valence-electron chi connectivity index (χ4n) is 2.27. The summed E-state index contributed by atoms with van der Waals surface area (Å²) < 4.78 is 1.95. The average Bonchev–Trinajstić information content (AvgIpc) is 3.29. The SMILES string of the molecule is Clc1ccc(-n2nc(C3CC3)cc2C2CC2)nn1. The van der Waals surface area contributed by atoms with Gasteiger partial charge in [-0.25, -0.2) is 4.68 Å². The van der Waals surface area contributed by atoms with E-state index in [9.17, 15) is 0 Å².